The van der Waals surface area contributed by atoms with Gasteiger partial charge < -0.3 is 11.1 Å². The second-order valence-electron chi connectivity index (χ2n) is 4.04. The predicted molar refractivity (Wildman–Crippen MR) is 79.1 cm³/mol. The van der Waals surface area contributed by atoms with E-state index in [9.17, 15) is 4.79 Å². The van der Waals surface area contributed by atoms with Gasteiger partial charge in [-0.05, 0) is 41.1 Å². The summed E-state index contributed by atoms with van der Waals surface area (Å²) in [5.74, 6) is -0.204. The number of carbonyl (C=O) groups excluding carboxylic acids is 1. The van der Waals surface area contributed by atoms with E-state index in [1.165, 1.54) is 0 Å². The average molecular weight is 344 g/mol. The van der Waals surface area contributed by atoms with Crippen LogP contribution in [-0.4, -0.2) is 15.7 Å². The number of hydrogen-bond donors (Lipinski definition) is 2. The summed E-state index contributed by atoms with van der Waals surface area (Å²) in [6.45, 7) is 1.75. The Morgan fingerprint density at radius 3 is 2.89 bits per heavy atom. The van der Waals surface area contributed by atoms with E-state index in [2.05, 4.69) is 26.3 Å². The molecule has 3 N–H and O–H groups in total. The van der Waals surface area contributed by atoms with Gasteiger partial charge in [0, 0.05) is 11.2 Å². The molecule has 0 saturated heterocycles. The lowest BCUT2D eigenvalue weighted by atomic mass is 10.2. The summed E-state index contributed by atoms with van der Waals surface area (Å²) in [7, 11) is 0. The number of nitrogens with one attached hydrogen (secondary N) is 1. The second kappa shape index (κ2) is 5.63. The predicted octanol–water partition coefficient (Wildman–Crippen LogP) is 3.08. The minimum absolute atomic E-state index is 0.204. The summed E-state index contributed by atoms with van der Waals surface area (Å²) in [6, 6.07) is 4.48. The fourth-order valence-electron chi connectivity index (χ4n) is 1.53. The van der Waals surface area contributed by atoms with Gasteiger partial charge in [-0.2, -0.15) is 5.10 Å². The van der Waals surface area contributed by atoms with Crippen molar-refractivity contribution in [2.24, 2.45) is 0 Å². The average Bonchev–Trinajstić information content (AvgIpc) is 2.78. The zero-order valence-electron chi connectivity index (χ0n) is 10.1. The first-order chi connectivity index (χ1) is 8.97. The Hall–Kier alpha value is -1.53. The Kier molecular flexibility index (Phi) is 4.11. The first-order valence-corrected chi connectivity index (χ1v) is 6.70. The van der Waals surface area contributed by atoms with Crippen molar-refractivity contribution >= 4 is 44.8 Å². The topological polar surface area (TPSA) is 72.9 Å². The molecule has 0 aliphatic carbocycles. The fraction of sp³-hybridized carbons (Fsp3) is 0.167. The molecule has 0 aliphatic rings. The van der Waals surface area contributed by atoms with E-state index < -0.39 is 6.04 Å². The zero-order chi connectivity index (χ0) is 14.0. The first-order valence-electron chi connectivity index (χ1n) is 5.53. The number of aromatic nitrogens is 2. The Morgan fingerprint density at radius 1 is 1.58 bits per heavy atom. The molecule has 2 rings (SSSR count). The first kappa shape index (κ1) is 13.9. The quantitative estimate of drug-likeness (QED) is 0.841. The molecule has 1 unspecified atom stereocenters. The molecular weight excluding hydrogens is 332 g/mol. The molecule has 19 heavy (non-hydrogen) atoms. The maximum absolute atomic E-state index is 12.1. The molecule has 0 saturated carbocycles. The van der Waals surface area contributed by atoms with Gasteiger partial charge in [-0.1, -0.05) is 11.6 Å². The third-order valence-electron chi connectivity index (χ3n) is 2.62. The van der Waals surface area contributed by atoms with E-state index in [1.54, 1.807) is 42.2 Å². The molecule has 0 bridgehead atoms. The van der Waals surface area contributed by atoms with Crippen molar-refractivity contribution in [2.75, 3.05) is 11.1 Å². The Balaban J connectivity index is 2.12. The van der Waals surface area contributed by atoms with Crippen LogP contribution in [0.2, 0.25) is 5.02 Å². The van der Waals surface area contributed by atoms with E-state index in [1.807, 2.05) is 0 Å². The SMILES string of the molecule is CC(C(=O)Nc1ccc(Cl)cc1N)n1cc(Br)cn1. The molecule has 2 aromatic rings. The zero-order valence-corrected chi connectivity index (χ0v) is 12.4. The molecular formula is C12H12BrClN4O. The smallest absolute Gasteiger partial charge is 0.249 e. The Bertz CT molecular complexity index is 614. The van der Waals surface area contributed by atoms with Crippen LogP contribution in [0.4, 0.5) is 11.4 Å². The molecule has 0 aliphatic heterocycles. The van der Waals surface area contributed by atoms with Crippen LogP contribution in [0.1, 0.15) is 13.0 Å². The van der Waals surface area contributed by atoms with Crippen molar-refractivity contribution in [3.8, 4) is 0 Å². The summed E-state index contributed by atoms with van der Waals surface area (Å²) in [5.41, 5.74) is 6.74. The minimum atomic E-state index is -0.443. The van der Waals surface area contributed by atoms with Crippen molar-refractivity contribution in [1.82, 2.24) is 9.78 Å². The molecule has 1 aromatic heterocycles. The number of nitrogens with two attached hydrogens (primary N) is 1. The van der Waals surface area contributed by atoms with Gasteiger partial charge >= 0.3 is 0 Å². The van der Waals surface area contributed by atoms with E-state index in [4.69, 9.17) is 17.3 Å². The number of rotatable bonds is 3. The lowest BCUT2D eigenvalue weighted by Crippen LogP contribution is -2.24. The Morgan fingerprint density at radius 2 is 2.32 bits per heavy atom. The van der Waals surface area contributed by atoms with Crippen molar-refractivity contribution in [3.63, 3.8) is 0 Å². The van der Waals surface area contributed by atoms with Crippen LogP contribution in [0.15, 0.2) is 35.1 Å². The van der Waals surface area contributed by atoms with Gasteiger partial charge in [-0.15, -0.1) is 0 Å². The third-order valence-corrected chi connectivity index (χ3v) is 3.26. The molecule has 0 fully saturated rings. The van der Waals surface area contributed by atoms with Crippen LogP contribution in [0.5, 0.6) is 0 Å². The molecule has 7 heteroatoms. The standard InChI is InChI=1S/C12H12BrClN4O/c1-7(18-6-8(13)5-16-18)12(19)17-11-3-2-9(14)4-10(11)15/h2-7H,15H2,1H3,(H,17,19). The van der Waals surface area contributed by atoms with E-state index >= 15 is 0 Å². The van der Waals surface area contributed by atoms with Crippen molar-refractivity contribution in [3.05, 3.63) is 40.1 Å². The van der Waals surface area contributed by atoms with Crippen molar-refractivity contribution < 1.29 is 4.79 Å². The molecule has 1 aromatic carbocycles. The summed E-state index contributed by atoms with van der Waals surface area (Å²) in [6.07, 6.45) is 3.36. The number of nitrogen functional groups attached to an aromatic ring is 1. The lowest BCUT2D eigenvalue weighted by molar-refractivity contribution is -0.119. The molecule has 5 nitrogen and oxygen atoms in total. The van der Waals surface area contributed by atoms with E-state index in [-0.39, 0.29) is 5.91 Å². The van der Waals surface area contributed by atoms with Crippen molar-refractivity contribution in [1.29, 1.82) is 0 Å². The number of nitrogens with zero attached hydrogens (tertiary/aromatic N) is 2. The lowest BCUT2D eigenvalue weighted by Gasteiger charge is -2.14. The highest BCUT2D eigenvalue weighted by molar-refractivity contribution is 9.10. The van der Waals surface area contributed by atoms with Gasteiger partial charge in [-0.3, -0.25) is 9.48 Å². The van der Waals surface area contributed by atoms with Crippen LogP contribution in [0, 0.1) is 0 Å². The van der Waals surface area contributed by atoms with Gasteiger partial charge in [0.05, 0.1) is 22.0 Å². The fourth-order valence-corrected chi connectivity index (χ4v) is 2.01. The number of benzene rings is 1. The van der Waals surface area contributed by atoms with Gasteiger partial charge in [0.15, 0.2) is 0 Å². The number of halogens is 2. The maximum atomic E-state index is 12.1. The largest absolute Gasteiger partial charge is 0.397 e. The monoisotopic (exact) mass is 342 g/mol. The third kappa shape index (κ3) is 3.27. The summed E-state index contributed by atoms with van der Waals surface area (Å²) in [5, 5.41) is 7.35. The van der Waals surface area contributed by atoms with Crippen LogP contribution in [0.25, 0.3) is 0 Å². The maximum Gasteiger partial charge on any atom is 0.249 e. The highest BCUT2D eigenvalue weighted by atomic mass is 79.9. The van der Waals surface area contributed by atoms with E-state index in [0.717, 1.165) is 4.47 Å². The minimum Gasteiger partial charge on any atom is -0.397 e. The highest BCUT2D eigenvalue weighted by Gasteiger charge is 2.16. The van der Waals surface area contributed by atoms with Crippen molar-refractivity contribution in [2.45, 2.75) is 13.0 Å². The molecule has 100 valence electrons. The summed E-state index contributed by atoms with van der Waals surface area (Å²) in [4.78, 5) is 12.1. The van der Waals surface area contributed by atoms with Crippen LogP contribution < -0.4 is 11.1 Å². The number of carbonyl (C=O) groups is 1. The summed E-state index contributed by atoms with van der Waals surface area (Å²) < 4.78 is 2.38. The number of anilines is 2. The molecule has 1 amide bonds. The Labute approximate surface area is 123 Å². The van der Waals surface area contributed by atoms with Gasteiger partial charge in [0.1, 0.15) is 6.04 Å². The van der Waals surface area contributed by atoms with Gasteiger partial charge in [-0.25, -0.2) is 0 Å². The van der Waals surface area contributed by atoms with Gasteiger partial charge in [0.2, 0.25) is 5.91 Å². The molecule has 1 heterocycles. The highest BCUT2D eigenvalue weighted by Crippen LogP contribution is 2.23. The molecule has 1 atom stereocenters. The van der Waals surface area contributed by atoms with Crippen LogP contribution in [-0.2, 0) is 4.79 Å². The van der Waals surface area contributed by atoms with Crippen LogP contribution in [0.3, 0.4) is 0 Å². The second-order valence-corrected chi connectivity index (χ2v) is 5.39. The van der Waals surface area contributed by atoms with Crippen LogP contribution >= 0.6 is 27.5 Å². The number of hydrogen-bond acceptors (Lipinski definition) is 3. The molecule has 0 radical (unpaired) electrons. The van der Waals surface area contributed by atoms with E-state index in [0.29, 0.717) is 16.4 Å². The molecule has 0 spiro atoms. The normalized spacial score (nSPS) is 12.2. The van der Waals surface area contributed by atoms with Gasteiger partial charge in [0.25, 0.3) is 0 Å². The summed E-state index contributed by atoms with van der Waals surface area (Å²) >= 11 is 9.09. The number of amides is 1.